The Balaban J connectivity index is 0.982. The Morgan fingerprint density at radius 3 is 1.17 bits per heavy atom. The number of imide groups is 1. The molecule has 452 valence electrons. The van der Waals surface area contributed by atoms with E-state index in [4.69, 9.17) is 0 Å². The van der Waals surface area contributed by atoms with Crippen molar-refractivity contribution in [2.45, 2.75) is 242 Å². The van der Waals surface area contributed by atoms with Crippen LogP contribution in [0.1, 0.15) is 235 Å². The zero-order valence-electron chi connectivity index (χ0n) is 54.4. The molecule has 84 heavy (non-hydrogen) atoms. The first-order valence-electron chi connectivity index (χ1n) is 34.9. The number of nitrogens with one attached hydrogen (secondary N) is 1. The molecule has 6 saturated carbocycles. The molecule has 0 radical (unpaired) electrons. The minimum Gasteiger partial charge on any atom is -0.304 e. The molecule has 5 heteroatoms. The Kier molecular flexibility index (Phi) is 13.8. The van der Waals surface area contributed by atoms with E-state index in [2.05, 4.69) is 143 Å². The molecule has 1 aromatic rings. The number of benzene rings is 1. The molecule has 1 aromatic carbocycles. The molecule has 12 bridgehead atoms. The quantitative estimate of drug-likeness (QED) is 0.0876. The predicted molar refractivity (Wildman–Crippen MR) is 344 cm³/mol. The van der Waals surface area contributed by atoms with Gasteiger partial charge < -0.3 is 5.32 Å². The van der Waals surface area contributed by atoms with E-state index in [-0.39, 0.29) is 38.9 Å². The fraction of sp³-hybridized carbons (Fsp3) is 0.709. The van der Waals surface area contributed by atoms with Crippen molar-refractivity contribution in [3.05, 3.63) is 111 Å². The monoisotopic (exact) mass is 1130 g/mol. The Morgan fingerprint density at radius 1 is 0.452 bits per heavy atom. The number of amides is 2. The molecule has 19 aliphatic rings. The number of Topliss-reactive ketones (excluding diaryl/α,β-unsaturated/α-hetero) is 1. The summed E-state index contributed by atoms with van der Waals surface area (Å²) in [6, 6.07) is 6.79. The van der Waals surface area contributed by atoms with Crippen molar-refractivity contribution in [1.29, 1.82) is 0 Å². The molecule has 6 fully saturated rings. The van der Waals surface area contributed by atoms with Crippen molar-refractivity contribution in [3.8, 4) is 0 Å². The number of anilines is 1. The lowest BCUT2D eigenvalue weighted by Gasteiger charge is -2.59. The van der Waals surface area contributed by atoms with Gasteiger partial charge in [0.2, 0.25) is 0 Å². The number of ketones is 1. The van der Waals surface area contributed by atoms with Gasteiger partial charge in [-0.1, -0.05) is 165 Å². The van der Waals surface area contributed by atoms with Crippen molar-refractivity contribution in [3.63, 3.8) is 0 Å². The fourth-order valence-electron chi connectivity index (χ4n) is 22.9. The average molecular weight is 1130 g/mol. The van der Waals surface area contributed by atoms with E-state index < -0.39 is 11.0 Å². The van der Waals surface area contributed by atoms with Gasteiger partial charge in [0.05, 0.1) is 11.2 Å². The lowest BCUT2D eigenvalue weighted by atomic mass is 9.46. The van der Waals surface area contributed by atoms with Crippen molar-refractivity contribution in [2.24, 2.45) is 104 Å². The highest BCUT2D eigenvalue weighted by molar-refractivity contribution is 6.28. The molecule has 5 nitrogen and oxygen atoms in total. The van der Waals surface area contributed by atoms with Crippen LogP contribution in [0.25, 0.3) is 0 Å². The largest absolute Gasteiger partial charge is 0.304 e. The van der Waals surface area contributed by atoms with E-state index in [1.807, 2.05) is 0 Å². The third kappa shape index (κ3) is 8.56. The molecule has 12 unspecified atom stereocenters. The van der Waals surface area contributed by atoms with Crippen LogP contribution in [0.5, 0.6) is 0 Å². The zero-order valence-corrected chi connectivity index (χ0v) is 54.4. The van der Waals surface area contributed by atoms with Gasteiger partial charge in [-0.25, -0.2) is 4.90 Å². The van der Waals surface area contributed by atoms with Gasteiger partial charge in [0.15, 0.2) is 5.78 Å². The molecule has 18 aliphatic carbocycles. The van der Waals surface area contributed by atoms with E-state index in [1.165, 1.54) is 73.1 Å². The Morgan fingerprint density at radius 2 is 0.798 bits per heavy atom. The zero-order chi connectivity index (χ0) is 58.9. The SMILES string of the molecule is CC1(C)C2CC=C(CCN[C@](CCC3=CCC4CC3C4(C)C)(C(=O)CCC3=CCC4CC3C4(C)C)C(CCC3=CCC4CC3C4(C)C)(CCC3=CCC4CC3C4(C)C)c3cccc(N4C(=O)C=CC4=O)c3CCC3=CCC4CC3C4(C)C)C1C2. The third-order valence-electron chi connectivity index (χ3n) is 30.1. The highest BCUT2D eigenvalue weighted by atomic mass is 16.2. The molecule has 1 aliphatic heterocycles. The van der Waals surface area contributed by atoms with Gasteiger partial charge in [-0.2, -0.15) is 0 Å². The summed E-state index contributed by atoms with van der Waals surface area (Å²) in [6.07, 6.45) is 42.4. The number of rotatable bonds is 23. The van der Waals surface area contributed by atoms with Gasteiger partial charge in [0.1, 0.15) is 0 Å². The second-order valence-corrected chi connectivity index (χ2v) is 34.7. The van der Waals surface area contributed by atoms with Crippen molar-refractivity contribution in [1.82, 2.24) is 5.32 Å². The molecule has 0 aromatic heterocycles. The van der Waals surface area contributed by atoms with Crippen LogP contribution < -0.4 is 10.2 Å². The lowest BCUT2D eigenvalue weighted by molar-refractivity contribution is -0.130. The van der Waals surface area contributed by atoms with Gasteiger partial charge in [-0.3, -0.25) is 14.4 Å². The smallest absolute Gasteiger partial charge is 0.258 e. The normalized spacial score (nSPS) is 36.9. The van der Waals surface area contributed by atoms with E-state index in [9.17, 15) is 9.59 Å². The topological polar surface area (TPSA) is 66.5 Å². The van der Waals surface area contributed by atoms with Crippen molar-refractivity contribution < 1.29 is 14.4 Å². The summed E-state index contributed by atoms with van der Waals surface area (Å²) in [5.74, 6) is 7.69. The number of carbonyl (C=O) groups excluding carboxylic acids is 3. The van der Waals surface area contributed by atoms with Crippen LogP contribution in [0.2, 0.25) is 0 Å². The maximum atomic E-state index is 17.8. The van der Waals surface area contributed by atoms with Crippen LogP contribution in [-0.4, -0.2) is 29.7 Å². The first-order valence-corrected chi connectivity index (χ1v) is 34.9. The molecular formula is C79H108N2O3. The van der Waals surface area contributed by atoms with Crippen LogP contribution in [0.3, 0.4) is 0 Å². The minimum atomic E-state index is -0.962. The van der Waals surface area contributed by atoms with Gasteiger partial charge in [-0.05, 0) is 269 Å². The number of fused-ring (bicyclic) bond motifs is 6. The Hall–Kier alpha value is -3.83. The van der Waals surface area contributed by atoms with E-state index >= 15 is 4.79 Å². The maximum Gasteiger partial charge on any atom is 0.258 e. The second kappa shape index (κ2) is 20.1. The number of hydrogen-bond donors (Lipinski definition) is 1. The number of allylic oxidation sites excluding steroid dienone is 11. The van der Waals surface area contributed by atoms with Gasteiger partial charge in [0, 0.05) is 24.0 Å². The first kappa shape index (κ1) is 57.9. The molecule has 2 amide bonds. The van der Waals surface area contributed by atoms with Gasteiger partial charge in [0.25, 0.3) is 11.8 Å². The van der Waals surface area contributed by atoms with Crippen LogP contribution in [-0.2, 0) is 26.2 Å². The maximum absolute atomic E-state index is 17.8. The summed E-state index contributed by atoms with van der Waals surface area (Å²) in [4.78, 5) is 48.3. The van der Waals surface area contributed by atoms with Crippen LogP contribution in [0.15, 0.2) is 100 Å². The van der Waals surface area contributed by atoms with Crippen molar-refractivity contribution >= 4 is 23.3 Å². The minimum absolute atomic E-state index is 0.248. The lowest BCUT2D eigenvalue weighted by Crippen LogP contribution is -2.67. The van der Waals surface area contributed by atoms with Crippen LogP contribution in [0.4, 0.5) is 5.69 Å². The van der Waals surface area contributed by atoms with Crippen LogP contribution >= 0.6 is 0 Å². The summed E-state index contributed by atoms with van der Waals surface area (Å²) >= 11 is 0. The van der Waals surface area contributed by atoms with E-state index in [0.29, 0.717) is 53.1 Å². The first-order chi connectivity index (χ1) is 39.8. The predicted octanol–water partition coefficient (Wildman–Crippen LogP) is 18.6. The van der Waals surface area contributed by atoms with E-state index in [1.54, 1.807) is 27.9 Å². The second-order valence-electron chi connectivity index (χ2n) is 34.7. The van der Waals surface area contributed by atoms with Gasteiger partial charge >= 0.3 is 0 Å². The highest BCUT2D eigenvalue weighted by Crippen LogP contribution is 2.67. The summed E-state index contributed by atoms with van der Waals surface area (Å²) in [5.41, 5.74) is 12.7. The van der Waals surface area contributed by atoms with E-state index in [0.717, 1.165) is 150 Å². The summed E-state index contributed by atoms with van der Waals surface area (Å²) in [5, 5.41) is 4.66. The molecular weight excluding hydrogens is 1020 g/mol. The third-order valence-corrected chi connectivity index (χ3v) is 30.1. The average Bonchev–Trinajstić information content (AvgIpc) is 3.71. The Labute approximate surface area is 508 Å². The summed E-state index contributed by atoms with van der Waals surface area (Å²) in [6.45, 7) is 31.0. The summed E-state index contributed by atoms with van der Waals surface area (Å²) < 4.78 is 0. The fourth-order valence-corrected chi connectivity index (χ4v) is 22.9. The standard InChI is InChI=1S/C79H108N2O3/c1-72(2)54-24-16-48(62(72)42-54)22-30-60-61(14-13-15-68(60)81-70(83)32-33-71(81)84)78(38-34-50-18-26-56-44-64(50)74(56,5)6,39-35-51-19-27-57-45-65(51)75(57,7)8)79(40-36-52-20-28-58-46-66(52)76(58,9)10,80-41-37-53-21-29-59-47-67(53)77(59,11)12)69(82)31-23-49-17-25-55-43-63(49)73(55,3)4/h13-21,32-33,54-59,62-67,80H,22-31,34-47H2,1-12H3/t54?,55?,56?,57?,58?,59?,62?,63?,64?,65?,66?,67?,78?,79-/m1/s1. The molecule has 0 spiro atoms. The highest BCUT2D eigenvalue weighted by Gasteiger charge is 2.62. The van der Waals surface area contributed by atoms with Crippen LogP contribution in [0, 0.1) is 104 Å². The summed E-state index contributed by atoms with van der Waals surface area (Å²) in [7, 11) is 0. The molecule has 0 saturated heterocycles. The molecule has 20 rings (SSSR count). The molecule has 1 heterocycles. The molecule has 1 N–H and O–H groups in total. The Bertz CT molecular complexity index is 3070. The number of hydrogen-bond acceptors (Lipinski definition) is 4. The number of carbonyl (C=O) groups is 3. The van der Waals surface area contributed by atoms with Gasteiger partial charge in [-0.15, -0.1) is 0 Å². The van der Waals surface area contributed by atoms with Crippen molar-refractivity contribution in [2.75, 3.05) is 11.4 Å². The number of nitrogens with zero attached hydrogens (tertiary/aromatic N) is 1. The molecule has 13 atom stereocenters.